The van der Waals surface area contributed by atoms with Crippen LogP contribution < -0.4 is 0 Å². The van der Waals surface area contributed by atoms with Crippen LogP contribution in [0.25, 0.3) is 77.6 Å². The van der Waals surface area contributed by atoms with Crippen LogP contribution >= 0.6 is 0 Å². The minimum absolute atomic E-state index is 0.616. The van der Waals surface area contributed by atoms with Crippen molar-refractivity contribution in [3.8, 4) is 34.2 Å². The van der Waals surface area contributed by atoms with Gasteiger partial charge in [0.2, 0.25) is 0 Å². The number of para-hydroxylation sites is 1. The first kappa shape index (κ1) is 21.7. The van der Waals surface area contributed by atoms with E-state index in [4.69, 9.17) is 19.4 Å². The van der Waals surface area contributed by atoms with Gasteiger partial charge in [-0.25, -0.2) is 15.0 Å². The molecule has 8 rings (SSSR count). The average Bonchev–Trinajstić information content (AvgIpc) is 3.41. The summed E-state index contributed by atoms with van der Waals surface area (Å²) in [6, 6.07) is 43.2. The van der Waals surface area contributed by atoms with Gasteiger partial charge in [0.1, 0.15) is 11.2 Å². The highest BCUT2D eigenvalue weighted by Gasteiger charge is 2.20. The van der Waals surface area contributed by atoms with E-state index < -0.39 is 0 Å². The first-order valence-electron chi connectivity index (χ1n) is 13.0. The zero-order chi connectivity index (χ0) is 25.8. The van der Waals surface area contributed by atoms with Gasteiger partial charge in [0.05, 0.1) is 0 Å². The molecule has 0 bridgehead atoms. The zero-order valence-electron chi connectivity index (χ0n) is 20.9. The minimum Gasteiger partial charge on any atom is -0.455 e. The van der Waals surface area contributed by atoms with E-state index >= 15 is 0 Å². The molecule has 0 saturated heterocycles. The van der Waals surface area contributed by atoms with E-state index in [9.17, 15) is 0 Å². The molecular weight excluding hydrogens is 478 g/mol. The number of nitrogens with zero attached hydrogens (tertiary/aromatic N) is 3. The van der Waals surface area contributed by atoms with Crippen molar-refractivity contribution in [2.24, 2.45) is 0 Å². The Balaban J connectivity index is 1.52. The van der Waals surface area contributed by atoms with E-state index in [1.165, 1.54) is 10.8 Å². The Morgan fingerprint density at radius 3 is 1.59 bits per heavy atom. The second kappa shape index (κ2) is 8.61. The average molecular weight is 500 g/mol. The molecule has 0 amide bonds. The lowest BCUT2D eigenvalue weighted by Gasteiger charge is -2.12. The number of rotatable bonds is 3. The lowest BCUT2D eigenvalue weighted by molar-refractivity contribution is 0.673. The van der Waals surface area contributed by atoms with Gasteiger partial charge in [-0.05, 0) is 22.2 Å². The number of benzene rings is 6. The lowest BCUT2D eigenvalue weighted by atomic mass is 9.94. The third-order valence-electron chi connectivity index (χ3n) is 7.31. The molecule has 0 unspecified atom stereocenters. The first-order valence-corrected chi connectivity index (χ1v) is 13.0. The van der Waals surface area contributed by atoms with Crippen molar-refractivity contribution < 1.29 is 4.42 Å². The number of fused-ring (bicyclic) bond motifs is 8. The summed E-state index contributed by atoms with van der Waals surface area (Å²) >= 11 is 0. The molecule has 182 valence electrons. The standard InChI is InChI=1S/C35H21N3O/c1-3-12-22(13-4-1)33-36-34(23-14-5-2-6-15-23)38-35(37-33)28-20-11-19-26-24-16-7-8-17-25(24)30-27-18-9-10-21-29(27)39-32(30)31(26)28/h1-21H. The summed E-state index contributed by atoms with van der Waals surface area (Å²) in [6.07, 6.45) is 0. The van der Waals surface area contributed by atoms with Gasteiger partial charge in [0, 0.05) is 32.8 Å². The van der Waals surface area contributed by atoms with Gasteiger partial charge in [0.15, 0.2) is 17.5 Å². The van der Waals surface area contributed by atoms with Gasteiger partial charge in [-0.2, -0.15) is 0 Å². The van der Waals surface area contributed by atoms with Crippen LogP contribution in [0.1, 0.15) is 0 Å². The molecule has 4 nitrogen and oxygen atoms in total. The zero-order valence-corrected chi connectivity index (χ0v) is 20.9. The predicted molar refractivity (Wildman–Crippen MR) is 158 cm³/mol. The smallest absolute Gasteiger partial charge is 0.164 e. The molecule has 6 aromatic carbocycles. The third kappa shape index (κ3) is 3.42. The maximum absolute atomic E-state index is 6.59. The van der Waals surface area contributed by atoms with Crippen LogP contribution in [0.5, 0.6) is 0 Å². The molecule has 2 heterocycles. The van der Waals surface area contributed by atoms with Crippen LogP contribution in [0.3, 0.4) is 0 Å². The SMILES string of the molecule is c1ccc(-c2nc(-c3ccccc3)nc(-c3cccc4c5ccccc5c5c6ccccc6oc5c34)n2)cc1. The van der Waals surface area contributed by atoms with Gasteiger partial charge in [-0.3, -0.25) is 0 Å². The number of hydrogen-bond acceptors (Lipinski definition) is 4. The van der Waals surface area contributed by atoms with Crippen molar-refractivity contribution in [1.29, 1.82) is 0 Å². The molecule has 0 aliphatic heterocycles. The number of hydrogen-bond donors (Lipinski definition) is 0. The second-order valence-electron chi connectivity index (χ2n) is 9.61. The molecular formula is C35H21N3O. The van der Waals surface area contributed by atoms with E-state index in [0.717, 1.165) is 49.4 Å². The van der Waals surface area contributed by atoms with Crippen LogP contribution in [-0.2, 0) is 0 Å². The molecule has 2 aromatic heterocycles. The topological polar surface area (TPSA) is 51.8 Å². The molecule has 4 heteroatoms. The van der Waals surface area contributed by atoms with Crippen molar-refractivity contribution in [3.05, 3.63) is 127 Å². The summed E-state index contributed by atoms with van der Waals surface area (Å²) in [5.41, 5.74) is 4.52. The normalized spacial score (nSPS) is 11.6. The summed E-state index contributed by atoms with van der Waals surface area (Å²) in [7, 11) is 0. The molecule has 0 saturated carbocycles. The van der Waals surface area contributed by atoms with Crippen LogP contribution in [0.2, 0.25) is 0 Å². The largest absolute Gasteiger partial charge is 0.455 e. The molecule has 0 aliphatic rings. The summed E-state index contributed by atoms with van der Waals surface area (Å²) in [5.74, 6) is 1.89. The Labute approximate surface area is 224 Å². The monoisotopic (exact) mass is 499 g/mol. The Bertz CT molecular complexity index is 2110. The lowest BCUT2D eigenvalue weighted by Crippen LogP contribution is -2.00. The fourth-order valence-corrected chi connectivity index (χ4v) is 5.56. The number of aromatic nitrogens is 3. The molecule has 39 heavy (non-hydrogen) atoms. The van der Waals surface area contributed by atoms with Crippen LogP contribution in [-0.4, -0.2) is 15.0 Å². The number of furan rings is 1. The predicted octanol–water partition coefficient (Wildman–Crippen LogP) is 9.08. The molecule has 8 aromatic rings. The Morgan fingerprint density at radius 1 is 0.385 bits per heavy atom. The maximum Gasteiger partial charge on any atom is 0.164 e. The second-order valence-corrected chi connectivity index (χ2v) is 9.61. The van der Waals surface area contributed by atoms with Gasteiger partial charge in [-0.1, -0.05) is 121 Å². The molecule has 0 N–H and O–H groups in total. The van der Waals surface area contributed by atoms with Gasteiger partial charge in [-0.15, -0.1) is 0 Å². The Morgan fingerprint density at radius 2 is 0.897 bits per heavy atom. The summed E-state index contributed by atoms with van der Waals surface area (Å²) in [5, 5.41) is 6.68. The summed E-state index contributed by atoms with van der Waals surface area (Å²) in [4.78, 5) is 14.9. The van der Waals surface area contributed by atoms with Crippen molar-refractivity contribution >= 4 is 43.5 Å². The summed E-state index contributed by atoms with van der Waals surface area (Å²) < 4.78 is 6.59. The highest BCUT2D eigenvalue weighted by atomic mass is 16.3. The van der Waals surface area contributed by atoms with E-state index in [-0.39, 0.29) is 0 Å². The highest BCUT2D eigenvalue weighted by molar-refractivity contribution is 6.32. The third-order valence-corrected chi connectivity index (χ3v) is 7.31. The molecule has 0 radical (unpaired) electrons. The van der Waals surface area contributed by atoms with Crippen molar-refractivity contribution in [3.63, 3.8) is 0 Å². The maximum atomic E-state index is 6.59. The van der Waals surface area contributed by atoms with Crippen molar-refractivity contribution in [2.45, 2.75) is 0 Å². The van der Waals surface area contributed by atoms with Crippen LogP contribution in [0.4, 0.5) is 0 Å². The fourth-order valence-electron chi connectivity index (χ4n) is 5.56. The van der Waals surface area contributed by atoms with Gasteiger partial charge in [0.25, 0.3) is 0 Å². The van der Waals surface area contributed by atoms with Gasteiger partial charge < -0.3 is 4.42 Å². The van der Waals surface area contributed by atoms with E-state index in [2.05, 4.69) is 54.6 Å². The van der Waals surface area contributed by atoms with Gasteiger partial charge >= 0.3 is 0 Å². The van der Waals surface area contributed by atoms with E-state index in [0.29, 0.717) is 17.5 Å². The van der Waals surface area contributed by atoms with Crippen molar-refractivity contribution in [1.82, 2.24) is 15.0 Å². The highest BCUT2D eigenvalue weighted by Crippen LogP contribution is 2.43. The Kier molecular flexibility index (Phi) is 4.79. The fraction of sp³-hybridized carbons (Fsp3) is 0. The molecule has 0 atom stereocenters. The van der Waals surface area contributed by atoms with E-state index in [1.807, 2.05) is 72.8 Å². The van der Waals surface area contributed by atoms with Crippen LogP contribution in [0, 0.1) is 0 Å². The Hall–Kier alpha value is -5.35. The first-order chi connectivity index (χ1) is 19.3. The van der Waals surface area contributed by atoms with Crippen molar-refractivity contribution in [2.75, 3.05) is 0 Å². The minimum atomic E-state index is 0.616. The summed E-state index contributed by atoms with van der Waals surface area (Å²) in [6.45, 7) is 0. The molecule has 0 spiro atoms. The van der Waals surface area contributed by atoms with Crippen LogP contribution in [0.15, 0.2) is 132 Å². The quantitative estimate of drug-likeness (QED) is 0.228. The van der Waals surface area contributed by atoms with E-state index in [1.54, 1.807) is 0 Å². The molecule has 0 aliphatic carbocycles. The molecule has 0 fully saturated rings.